The number of piperidine rings is 1. The smallest absolute Gasteiger partial charge is 0.228 e. The molecule has 2 rings (SSSR count). The summed E-state index contributed by atoms with van der Waals surface area (Å²) in [6.07, 6.45) is 1.73. The van der Waals surface area contributed by atoms with Crippen molar-refractivity contribution in [2.45, 2.75) is 12.8 Å². The third-order valence-corrected chi connectivity index (χ3v) is 3.22. The molecule has 92 valence electrons. The molecule has 1 amide bonds. The van der Waals surface area contributed by atoms with Gasteiger partial charge in [0.15, 0.2) is 0 Å². The number of nitrogen functional groups attached to an aromatic ring is 1. The van der Waals surface area contributed by atoms with Crippen molar-refractivity contribution < 1.29 is 4.79 Å². The van der Waals surface area contributed by atoms with Crippen LogP contribution in [0.3, 0.4) is 0 Å². The van der Waals surface area contributed by atoms with Crippen LogP contribution in [0.4, 0.5) is 11.8 Å². The summed E-state index contributed by atoms with van der Waals surface area (Å²) in [5.41, 5.74) is 11.0. The first-order valence-electron chi connectivity index (χ1n) is 5.40. The van der Waals surface area contributed by atoms with E-state index in [4.69, 9.17) is 11.5 Å². The van der Waals surface area contributed by atoms with Gasteiger partial charge in [-0.05, 0) is 28.8 Å². The zero-order valence-corrected chi connectivity index (χ0v) is 10.9. The number of halogens is 1. The number of anilines is 2. The SMILES string of the molecule is NC(=O)C1CCCN(c2nc(N)cc(Br)n2)C1. The molecule has 1 unspecified atom stereocenters. The molecular weight excluding hydrogens is 286 g/mol. The lowest BCUT2D eigenvalue weighted by atomic mass is 9.98. The number of carbonyl (C=O) groups is 1. The van der Waals surface area contributed by atoms with Gasteiger partial charge in [-0.15, -0.1) is 0 Å². The molecule has 0 aromatic carbocycles. The third-order valence-electron chi connectivity index (χ3n) is 2.81. The van der Waals surface area contributed by atoms with Gasteiger partial charge in [0.25, 0.3) is 0 Å². The fraction of sp³-hybridized carbons (Fsp3) is 0.500. The number of primary amides is 1. The van der Waals surface area contributed by atoms with Gasteiger partial charge >= 0.3 is 0 Å². The molecule has 0 aliphatic carbocycles. The first-order chi connectivity index (χ1) is 8.06. The molecule has 1 saturated heterocycles. The molecule has 0 spiro atoms. The van der Waals surface area contributed by atoms with Crippen molar-refractivity contribution in [3.05, 3.63) is 10.7 Å². The number of amides is 1. The summed E-state index contributed by atoms with van der Waals surface area (Å²) in [7, 11) is 0. The number of rotatable bonds is 2. The van der Waals surface area contributed by atoms with E-state index in [1.165, 1.54) is 0 Å². The minimum Gasteiger partial charge on any atom is -0.383 e. The molecule has 1 aromatic rings. The van der Waals surface area contributed by atoms with Crippen LogP contribution in [0.15, 0.2) is 10.7 Å². The van der Waals surface area contributed by atoms with Crippen molar-refractivity contribution in [2.75, 3.05) is 23.7 Å². The number of nitrogens with two attached hydrogens (primary N) is 2. The summed E-state index contributed by atoms with van der Waals surface area (Å²) < 4.78 is 0.640. The highest BCUT2D eigenvalue weighted by atomic mass is 79.9. The lowest BCUT2D eigenvalue weighted by Gasteiger charge is -2.31. The Morgan fingerprint density at radius 1 is 1.53 bits per heavy atom. The van der Waals surface area contributed by atoms with Crippen LogP contribution in [-0.2, 0) is 4.79 Å². The summed E-state index contributed by atoms with van der Waals surface area (Å²) in [5, 5.41) is 0. The molecular formula is C10H14BrN5O. The van der Waals surface area contributed by atoms with Crippen molar-refractivity contribution in [3.63, 3.8) is 0 Å². The highest BCUT2D eigenvalue weighted by Crippen LogP contribution is 2.22. The molecule has 0 radical (unpaired) electrons. The minimum absolute atomic E-state index is 0.132. The van der Waals surface area contributed by atoms with Crippen LogP contribution in [0.5, 0.6) is 0 Å². The number of hydrogen-bond acceptors (Lipinski definition) is 5. The molecule has 4 N–H and O–H groups in total. The lowest BCUT2D eigenvalue weighted by Crippen LogP contribution is -2.42. The van der Waals surface area contributed by atoms with Crippen LogP contribution in [0.2, 0.25) is 0 Å². The number of aromatic nitrogens is 2. The predicted molar refractivity (Wildman–Crippen MR) is 68.3 cm³/mol. The first kappa shape index (κ1) is 12.1. The van der Waals surface area contributed by atoms with Gasteiger partial charge in [-0.25, -0.2) is 4.98 Å². The number of nitrogens with zero attached hydrogens (tertiary/aromatic N) is 3. The van der Waals surface area contributed by atoms with Gasteiger partial charge in [0, 0.05) is 19.2 Å². The Bertz CT molecular complexity index is 418. The fourth-order valence-electron chi connectivity index (χ4n) is 1.96. The second-order valence-electron chi connectivity index (χ2n) is 4.10. The van der Waals surface area contributed by atoms with Gasteiger partial charge < -0.3 is 16.4 Å². The zero-order chi connectivity index (χ0) is 12.4. The van der Waals surface area contributed by atoms with Crippen molar-refractivity contribution in [2.24, 2.45) is 11.7 Å². The number of carbonyl (C=O) groups excluding carboxylic acids is 1. The highest BCUT2D eigenvalue weighted by Gasteiger charge is 2.25. The minimum atomic E-state index is -0.266. The van der Waals surface area contributed by atoms with Gasteiger partial charge in [0.1, 0.15) is 10.4 Å². The van der Waals surface area contributed by atoms with E-state index < -0.39 is 0 Å². The topological polar surface area (TPSA) is 98.1 Å². The summed E-state index contributed by atoms with van der Waals surface area (Å²) >= 11 is 3.27. The van der Waals surface area contributed by atoms with Crippen molar-refractivity contribution in [1.29, 1.82) is 0 Å². The van der Waals surface area contributed by atoms with E-state index in [-0.39, 0.29) is 11.8 Å². The van der Waals surface area contributed by atoms with Crippen LogP contribution < -0.4 is 16.4 Å². The molecule has 7 heteroatoms. The van der Waals surface area contributed by atoms with Crippen LogP contribution in [0.25, 0.3) is 0 Å². The Hall–Kier alpha value is -1.37. The van der Waals surface area contributed by atoms with Crippen LogP contribution >= 0.6 is 15.9 Å². The average Bonchev–Trinajstić information content (AvgIpc) is 2.28. The van der Waals surface area contributed by atoms with Crippen LogP contribution in [-0.4, -0.2) is 29.0 Å². The molecule has 0 saturated carbocycles. The monoisotopic (exact) mass is 299 g/mol. The zero-order valence-electron chi connectivity index (χ0n) is 9.27. The Kier molecular flexibility index (Phi) is 3.46. The second-order valence-corrected chi connectivity index (χ2v) is 4.92. The van der Waals surface area contributed by atoms with E-state index in [9.17, 15) is 4.79 Å². The van der Waals surface area contributed by atoms with Gasteiger partial charge in [-0.1, -0.05) is 0 Å². The van der Waals surface area contributed by atoms with Crippen molar-refractivity contribution in [3.8, 4) is 0 Å². The van der Waals surface area contributed by atoms with E-state index in [1.54, 1.807) is 6.07 Å². The molecule has 1 atom stereocenters. The largest absolute Gasteiger partial charge is 0.383 e. The van der Waals surface area contributed by atoms with Crippen LogP contribution in [0, 0.1) is 5.92 Å². The standard InChI is InChI=1S/C10H14BrN5O/c11-7-4-8(12)15-10(14-7)16-3-1-2-6(5-16)9(13)17/h4,6H,1-3,5H2,(H2,13,17)(H2,12,14,15). The Morgan fingerprint density at radius 2 is 2.29 bits per heavy atom. The quantitative estimate of drug-likeness (QED) is 0.776. The Balaban J connectivity index is 2.18. The molecule has 0 bridgehead atoms. The maximum Gasteiger partial charge on any atom is 0.228 e. The first-order valence-corrected chi connectivity index (χ1v) is 6.20. The van der Waals surface area contributed by atoms with E-state index >= 15 is 0 Å². The molecule has 6 nitrogen and oxygen atoms in total. The maximum absolute atomic E-state index is 11.2. The van der Waals surface area contributed by atoms with Crippen LogP contribution in [0.1, 0.15) is 12.8 Å². The molecule has 1 aliphatic heterocycles. The number of hydrogen-bond donors (Lipinski definition) is 2. The molecule has 1 aliphatic rings. The van der Waals surface area contributed by atoms with E-state index in [2.05, 4.69) is 25.9 Å². The van der Waals surface area contributed by atoms with E-state index in [0.717, 1.165) is 19.4 Å². The fourth-order valence-corrected chi connectivity index (χ4v) is 2.35. The molecule has 17 heavy (non-hydrogen) atoms. The maximum atomic E-state index is 11.2. The van der Waals surface area contributed by atoms with Gasteiger partial charge in [-0.3, -0.25) is 4.79 Å². The Morgan fingerprint density at radius 3 is 2.94 bits per heavy atom. The van der Waals surface area contributed by atoms with Gasteiger partial charge in [-0.2, -0.15) is 4.98 Å². The van der Waals surface area contributed by atoms with Gasteiger partial charge in [0.05, 0.1) is 5.92 Å². The summed E-state index contributed by atoms with van der Waals surface area (Å²) in [5.74, 6) is 0.552. The van der Waals surface area contributed by atoms with E-state index in [1.807, 2.05) is 4.90 Å². The normalized spacial score (nSPS) is 20.3. The molecule has 1 fully saturated rings. The molecule has 2 heterocycles. The summed E-state index contributed by atoms with van der Waals surface area (Å²) in [6, 6.07) is 1.64. The predicted octanol–water partition coefficient (Wildman–Crippen LogP) is 0.523. The third kappa shape index (κ3) is 2.85. The molecule has 1 aromatic heterocycles. The lowest BCUT2D eigenvalue weighted by molar-refractivity contribution is -0.122. The van der Waals surface area contributed by atoms with Crippen molar-refractivity contribution >= 4 is 33.6 Å². The Labute approximate surface area is 108 Å². The average molecular weight is 300 g/mol. The van der Waals surface area contributed by atoms with Gasteiger partial charge in [0.2, 0.25) is 11.9 Å². The highest BCUT2D eigenvalue weighted by molar-refractivity contribution is 9.10. The second kappa shape index (κ2) is 4.87. The summed E-state index contributed by atoms with van der Waals surface area (Å²) in [6.45, 7) is 1.38. The summed E-state index contributed by atoms with van der Waals surface area (Å²) in [4.78, 5) is 21.5. The van der Waals surface area contributed by atoms with Crippen molar-refractivity contribution in [1.82, 2.24) is 9.97 Å². The van der Waals surface area contributed by atoms with E-state index in [0.29, 0.717) is 22.9 Å².